The van der Waals surface area contributed by atoms with Crippen LogP contribution in [0.2, 0.25) is 5.02 Å². The van der Waals surface area contributed by atoms with Gasteiger partial charge in [0.25, 0.3) is 0 Å². The minimum Gasteiger partial charge on any atom is -0.460 e. The Morgan fingerprint density at radius 3 is 2.56 bits per heavy atom. The van der Waals surface area contributed by atoms with Gasteiger partial charge in [-0.05, 0) is 38.5 Å². The number of nitrogens with zero attached hydrogens (tertiary/aromatic N) is 4. The van der Waals surface area contributed by atoms with Gasteiger partial charge in [-0.2, -0.15) is 0 Å². The average molecular weight is 629 g/mol. The average Bonchev–Trinajstić information content (AvgIpc) is 3.29. The highest BCUT2D eigenvalue weighted by molar-refractivity contribution is 9.14. The zero-order chi connectivity index (χ0) is 24.6. The van der Waals surface area contributed by atoms with Crippen LogP contribution >= 0.6 is 54.8 Å². The van der Waals surface area contributed by atoms with Crippen molar-refractivity contribution in [1.29, 1.82) is 0 Å². The van der Waals surface area contributed by atoms with Gasteiger partial charge in [0.1, 0.15) is 23.5 Å². The van der Waals surface area contributed by atoms with Gasteiger partial charge in [0.05, 0.1) is 18.7 Å². The second-order valence-corrected chi connectivity index (χ2v) is 11.3. The van der Waals surface area contributed by atoms with Crippen molar-refractivity contribution in [2.24, 2.45) is 4.99 Å². The molecular weight excluding hydrogens is 608 g/mol. The van der Waals surface area contributed by atoms with Crippen molar-refractivity contribution in [2.45, 2.75) is 33.2 Å². The number of aromatic nitrogens is 3. The van der Waals surface area contributed by atoms with Crippen LogP contribution in [-0.4, -0.2) is 44.8 Å². The largest absolute Gasteiger partial charge is 0.460 e. The molecule has 0 aliphatic carbocycles. The zero-order valence-electron chi connectivity index (χ0n) is 18.6. The van der Waals surface area contributed by atoms with Gasteiger partial charge in [-0.15, -0.1) is 21.5 Å². The van der Waals surface area contributed by atoms with Crippen molar-refractivity contribution >= 4 is 66.5 Å². The minimum absolute atomic E-state index is 0.00217. The number of aliphatic imine (C=N–C) groups is 1. The van der Waals surface area contributed by atoms with Gasteiger partial charge < -0.3 is 9.84 Å². The minimum atomic E-state index is -0.595. The smallest absolute Gasteiger partial charge is 0.308 e. The summed E-state index contributed by atoms with van der Waals surface area (Å²) in [5, 5.41) is 19.5. The lowest BCUT2D eigenvalue weighted by molar-refractivity contribution is -0.142. The second-order valence-electron chi connectivity index (χ2n) is 7.74. The van der Waals surface area contributed by atoms with E-state index in [1.54, 1.807) is 11.3 Å². The SMILES string of the molecule is Cc1sc2c(c1C)C(c1ccc(Cl)cc1)=N[C@H](CC(=O)OC/C(Br)=C(\Br)CO)c1nnc(C)n1-2. The van der Waals surface area contributed by atoms with Crippen molar-refractivity contribution in [3.05, 3.63) is 71.5 Å². The van der Waals surface area contributed by atoms with Gasteiger partial charge in [0.15, 0.2) is 5.82 Å². The molecule has 3 aromatic rings. The van der Waals surface area contributed by atoms with Crippen LogP contribution in [-0.2, 0) is 9.53 Å². The summed E-state index contributed by atoms with van der Waals surface area (Å²) >= 11 is 14.3. The van der Waals surface area contributed by atoms with Crippen molar-refractivity contribution in [2.75, 3.05) is 13.2 Å². The summed E-state index contributed by atoms with van der Waals surface area (Å²) in [5.74, 6) is 0.873. The Morgan fingerprint density at radius 1 is 1.18 bits per heavy atom. The summed E-state index contributed by atoms with van der Waals surface area (Å²) in [6, 6.07) is 6.93. The summed E-state index contributed by atoms with van der Waals surface area (Å²) in [6.45, 7) is 5.85. The van der Waals surface area contributed by atoms with E-state index < -0.39 is 12.0 Å². The predicted octanol–water partition coefficient (Wildman–Crippen LogP) is 5.73. The fourth-order valence-electron chi connectivity index (χ4n) is 3.66. The molecule has 1 aromatic carbocycles. The predicted molar refractivity (Wildman–Crippen MR) is 141 cm³/mol. The molecule has 11 heteroatoms. The normalized spacial score (nSPS) is 15.7. The molecule has 3 heterocycles. The Labute approximate surface area is 222 Å². The molecule has 0 unspecified atom stereocenters. The maximum Gasteiger partial charge on any atom is 0.308 e. The molecule has 34 heavy (non-hydrogen) atoms. The summed E-state index contributed by atoms with van der Waals surface area (Å²) in [6.07, 6.45) is -0.0147. The molecule has 1 aliphatic rings. The van der Waals surface area contributed by atoms with Gasteiger partial charge in [-0.1, -0.05) is 55.6 Å². The highest BCUT2D eigenvalue weighted by Gasteiger charge is 2.32. The first-order valence-corrected chi connectivity index (χ1v) is 13.1. The lowest BCUT2D eigenvalue weighted by atomic mass is 9.99. The summed E-state index contributed by atoms with van der Waals surface area (Å²) < 4.78 is 8.49. The Bertz CT molecular complexity index is 1310. The Hall–Kier alpha value is -1.85. The summed E-state index contributed by atoms with van der Waals surface area (Å²) in [7, 11) is 0. The van der Waals surface area contributed by atoms with Crippen LogP contribution in [0.1, 0.15) is 45.7 Å². The monoisotopic (exact) mass is 626 g/mol. The fourth-order valence-corrected chi connectivity index (χ4v) is 5.35. The molecular formula is C23H21Br2ClN4O3S. The number of fused-ring (bicyclic) bond motifs is 3. The van der Waals surface area contributed by atoms with Crippen LogP contribution < -0.4 is 0 Å². The molecule has 0 saturated carbocycles. The summed E-state index contributed by atoms with van der Waals surface area (Å²) in [4.78, 5) is 19.0. The Balaban J connectivity index is 1.78. The molecule has 4 rings (SSSR count). The number of thiophene rings is 1. The van der Waals surface area contributed by atoms with E-state index in [0.29, 0.717) is 19.8 Å². The van der Waals surface area contributed by atoms with Crippen LogP contribution in [0.3, 0.4) is 0 Å². The molecule has 7 nitrogen and oxygen atoms in total. The fraction of sp³-hybridized carbons (Fsp3) is 0.304. The number of hydrogen-bond acceptors (Lipinski definition) is 7. The van der Waals surface area contributed by atoms with E-state index in [1.807, 2.05) is 35.8 Å². The van der Waals surface area contributed by atoms with E-state index in [-0.39, 0.29) is 19.6 Å². The first-order chi connectivity index (χ1) is 16.2. The molecule has 0 spiro atoms. The molecule has 1 aliphatic heterocycles. The van der Waals surface area contributed by atoms with Crippen LogP contribution in [0.5, 0.6) is 0 Å². The highest BCUT2D eigenvalue weighted by atomic mass is 79.9. The first-order valence-electron chi connectivity index (χ1n) is 10.4. The molecule has 1 atom stereocenters. The number of rotatable bonds is 6. The van der Waals surface area contributed by atoms with E-state index in [4.69, 9.17) is 21.3 Å². The van der Waals surface area contributed by atoms with E-state index >= 15 is 0 Å². The first kappa shape index (κ1) is 25.2. The third kappa shape index (κ3) is 4.92. The van der Waals surface area contributed by atoms with Crippen molar-refractivity contribution in [3.63, 3.8) is 0 Å². The van der Waals surface area contributed by atoms with Gasteiger partial charge >= 0.3 is 5.97 Å². The number of benzene rings is 1. The van der Waals surface area contributed by atoms with Crippen molar-refractivity contribution in [1.82, 2.24) is 14.8 Å². The van der Waals surface area contributed by atoms with E-state index in [1.165, 1.54) is 4.88 Å². The topological polar surface area (TPSA) is 89.6 Å². The molecule has 178 valence electrons. The number of carbonyl (C=O) groups excluding carboxylic acids is 1. The third-order valence-electron chi connectivity index (χ3n) is 5.51. The number of ether oxygens (including phenoxy) is 1. The van der Waals surface area contributed by atoms with Crippen LogP contribution in [0.4, 0.5) is 0 Å². The van der Waals surface area contributed by atoms with Crippen molar-refractivity contribution in [3.8, 4) is 5.00 Å². The maximum atomic E-state index is 12.8. The van der Waals surface area contributed by atoms with Gasteiger partial charge in [0.2, 0.25) is 0 Å². The quantitative estimate of drug-likeness (QED) is 0.353. The number of aryl methyl sites for hydroxylation is 2. The van der Waals surface area contributed by atoms with Gasteiger partial charge in [-0.3, -0.25) is 14.4 Å². The zero-order valence-corrected chi connectivity index (χ0v) is 23.3. The van der Waals surface area contributed by atoms with Crippen LogP contribution in [0.25, 0.3) is 5.00 Å². The molecule has 2 aromatic heterocycles. The molecule has 0 radical (unpaired) electrons. The number of halogens is 3. The number of aliphatic hydroxyl groups is 1. The molecule has 0 amide bonds. The van der Waals surface area contributed by atoms with E-state index in [2.05, 4.69) is 55.9 Å². The Kier molecular flexibility index (Phi) is 7.73. The Morgan fingerprint density at radius 2 is 1.88 bits per heavy atom. The molecule has 0 fully saturated rings. The maximum absolute atomic E-state index is 12.8. The van der Waals surface area contributed by atoms with Crippen LogP contribution in [0.15, 0.2) is 38.2 Å². The third-order valence-corrected chi connectivity index (χ3v) is 8.92. The second kappa shape index (κ2) is 10.4. The standard InChI is InChI=1S/C23H21Br2ClN4O3S/c1-11-12(2)34-23-20(11)21(14-4-6-15(26)7-5-14)27-18(22-29-28-13(3)30(22)23)8-19(32)33-10-17(25)16(24)9-31/h4-7,18,31H,8-10H2,1-3H3/b17-16+/t18-/m1/s1. The number of hydrogen-bond donors (Lipinski definition) is 1. The van der Waals surface area contributed by atoms with E-state index in [9.17, 15) is 9.90 Å². The molecule has 0 bridgehead atoms. The molecule has 1 N–H and O–H groups in total. The lowest BCUT2D eigenvalue weighted by Gasteiger charge is -2.13. The number of carbonyl (C=O) groups is 1. The van der Waals surface area contributed by atoms with Crippen LogP contribution in [0, 0.1) is 20.8 Å². The summed E-state index contributed by atoms with van der Waals surface area (Å²) in [5.41, 5.74) is 3.81. The molecule has 0 saturated heterocycles. The number of esters is 1. The number of aliphatic hydroxyl groups excluding tert-OH is 1. The lowest BCUT2D eigenvalue weighted by Crippen LogP contribution is -2.14. The van der Waals surface area contributed by atoms with Gasteiger partial charge in [-0.25, -0.2) is 0 Å². The van der Waals surface area contributed by atoms with E-state index in [0.717, 1.165) is 33.2 Å². The van der Waals surface area contributed by atoms with Crippen molar-refractivity contribution < 1.29 is 14.6 Å². The highest BCUT2D eigenvalue weighted by Crippen LogP contribution is 2.39. The van der Waals surface area contributed by atoms with Gasteiger partial charge in [0, 0.05) is 30.0 Å².